The van der Waals surface area contributed by atoms with Crippen molar-refractivity contribution < 1.29 is 24.5 Å². The molecule has 2 rings (SSSR count). The Kier molecular flexibility index (Phi) is 5.25. The Labute approximate surface area is 145 Å². The molecule has 0 aliphatic rings. The van der Waals surface area contributed by atoms with Crippen molar-refractivity contribution in [3.63, 3.8) is 0 Å². The van der Waals surface area contributed by atoms with Crippen molar-refractivity contribution in [2.75, 3.05) is 6.61 Å². The van der Waals surface area contributed by atoms with E-state index in [0.29, 0.717) is 0 Å². The molecular formula is C14H13N5O7. The second kappa shape index (κ2) is 7.38. The molecule has 0 fully saturated rings. The smallest absolute Gasteiger partial charge is 0.342 e. The summed E-state index contributed by atoms with van der Waals surface area (Å²) in [5.41, 5.74) is -1.47. The number of hydrogen-bond donors (Lipinski definition) is 2. The third kappa shape index (κ3) is 3.63. The highest BCUT2D eigenvalue weighted by Gasteiger charge is 2.24. The van der Waals surface area contributed by atoms with Gasteiger partial charge in [-0.15, -0.1) is 10.2 Å². The fourth-order valence-corrected chi connectivity index (χ4v) is 2.11. The molecule has 0 aliphatic heterocycles. The Morgan fingerprint density at radius 1 is 1.27 bits per heavy atom. The van der Waals surface area contributed by atoms with Gasteiger partial charge in [-0.3, -0.25) is 20.2 Å². The summed E-state index contributed by atoms with van der Waals surface area (Å²) in [6.45, 7) is 3.19. The number of rotatable bonds is 6. The van der Waals surface area contributed by atoms with Crippen molar-refractivity contribution in [1.82, 2.24) is 4.98 Å². The zero-order valence-electron chi connectivity index (χ0n) is 13.6. The lowest BCUT2D eigenvalue weighted by Gasteiger charge is -2.01. The third-order valence-corrected chi connectivity index (χ3v) is 3.25. The number of aromatic amines is 1. The Hall–Kier alpha value is -3.83. The molecule has 1 heterocycles. The first-order valence-corrected chi connectivity index (χ1v) is 7.19. The van der Waals surface area contributed by atoms with Crippen molar-refractivity contribution >= 4 is 28.7 Å². The van der Waals surface area contributed by atoms with Crippen LogP contribution >= 0.6 is 0 Å². The van der Waals surface area contributed by atoms with Crippen LogP contribution in [0.3, 0.4) is 0 Å². The van der Waals surface area contributed by atoms with Gasteiger partial charge in [0.05, 0.1) is 22.5 Å². The fourth-order valence-electron chi connectivity index (χ4n) is 2.11. The minimum absolute atomic E-state index is 0.0716. The predicted octanol–water partition coefficient (Wildman–Crippen LogP) is 3.44. The van der Waals surface area contributed by atoms with E-state index in [2.05, 4.69) is 15.2 Å². The van der Waals surface area contributed by atoms with Gasteiger partial charge in [-0.1, -0.05) is 0 Å². The average molecular weight is 363 g/mol. The number of ether oxygens (including phenoxy) is 1. The summed E-state index contributed by atoms with van der Waals surface area (Å²) in [5.74, 6) is -1.23. The van der Waals surface area contributed by atoms with Crippen molar-refractivity contribution in [3.05, 3.63) is 49.7 Å². The van der Waals surface area contributed by atoms with E-state index in [4.69, 9.17) is 4.74 Å². The fraction of sp³-hybridized carbons (Fsp3) is 0.214. The molecule has 0 bridgehead atoms. The normalized spacial score (nSPS) is 10.8. The number of nitrogens with zero attached hydrogens (tertiary/aromatic N) is 4. The summed E-state index contributed by atoms with van der Waals surface area (Å²) in [6, 6.07) is 2.80. The average Bonchev–Trinajstić information content (AvgIpc) is 2.86. The number of aromatic nitrogens is 1. The van der Waals surface area contributed by atoms with Gasteiger partial charge in [0.25, 0.3) is 5.69 Å². The maximum Gasteiger partial charge on any atom is 0.342 e. The van der Waals surface area contributed by atoms with Crippen LogP contribution in [-0.2, 0) is 4.74 Å². The number of H-pyrrole nitrogens is 1. The molecule has 26 heavy (non-hydrogen) atoms. The maximum absolute atomic E-state index is 12.0. The Morgan fingerprint density at radius 3 is 2.54 bits per heavy atom. The number of aryl methyl sites for hydroxylation is 1. The molecule has 0 amide bonds. The second-order valence-corrected chi connectivity index (χ2v) is 4.93. The lowest BCUT2D eigenvalue weighted by atomic mass is 10.2. The molecular weight excluding hydrogens is 350 g/mol. The highest BCUT2D eigenvalue weighted by atomic mass is 16.6. The Bertz CT molecular complexity index is 919. The van der Waals surface area contributed by atoms with E-state index in [1.165, 1.54) is 6.92 Å². The number of azo groups is 1. The van der Waals surface area contributed by atoms with Gasteiger partial charge in [-0.05, 0) is 19.9 Å². The number of hydrogen-bond acceptors (Lipinski definition) is 9. The van der Waals surface area contributed by atoms with E-state index in [0.717, 1.165) is 18.2 Å². The highest BCUT2D eigenvalue weighted by Crippen LogP contribution is 2.37. The molecule has 2 aromatic rings. The van der Waals surface area contributed by atoms with E-state index in [-0.39, 0.29) is 29.2 Å². The Morgan fingerprint density at radius 2 is 1.96 bits per heavy atom. The minimum atomic E-state index is -0.851. The lowest BCUT2D eigenvalue weighted by Crippen LogP contribution is -2.05. The van der Waals surface area contributed by atoms with Crippen molar-refractivity contribution in [1.29, 1.82) is 0 Å². The summed E-state index contributed by atoms with van der Waals surface area (Å²) in [6.07, 6.45) is 0. The van der Waals surface area contributed by atoms with E-state index in [1.54, 1.807) is 6.92 Å². The molecule has 0 saturated heterocycles. The summed E-state index contributed by atoms with van der Waals surface area (Å²) in [5, 5.41) is 39.0. The quantitative estimate of drug-likeness (QED) is 0.342. The maximum atomic E-state index is 12.0. The zero-order valence-corrected chi connectivity index (χ0v) is 13.6. The Balaban J connectivity index is 2.50. The first-order chi connectivity index (χ1) is 12.3. The number of nitrogens with one attached hydrogen (secondary N) is 1. The molecule has 0 spiro atoms. The SMILES string of the molecule is CCOC(=O)c1c(C)[nH]c(O)c1N=Nc1ccc([N+](=O)[O-])cc1[N+](=O)[O-]. The van der Waals surface area contributed by atoms with Gasteiger partial charge in [0.15, 0.2) is 11.4 Å². The van der Waals surface area contributed by atoms with Crippen LogP contribution in [0, 0.1) is 27.2 Å². The summed E-state index contributed by atoms with van der Waals surface area (Å²) in [4.78, 5) is 34.6. The molecule has 0 radical (unpaired) electrons. The molecule has 1 aromatic carbocycles. The first kappa shape index (κ1) is 18.5. The molecule has 136 valence electrons. The number of carbonyl (C=O) groups is 1. The van der Waals surface area contributed by atoms with Crippen LogP contribution < -0.4 is 0 Å². The van der Waals surface area contributed by atoms with E-state index >= 15 is 0 Å². The standard InChI is InChI=1S/C14H13N5O7/c1-3-26-14(21)11-7(2)15-13(20)12(11)17-16-9-5-4-8(18(22)23)6-10(9)19(24)25/h4-6,15,20H,3H2,1-2H3. The van der Waals surface area contributed by atoms with Crippen LogP contribution in [-0.4, -0.2) is 32.5 Å². The van der Waals surface area contributed by atoms with Gasteiger partial charge >= 0.3 is 11.7 Å². The largest absolute Gasteiger partial charge is 0.493 e. The van der Waals surface area contributed by atoms with Crippen molar-refractivity contribution in [2.45, 2.75) is 13.8 Å². The predicted molar refractivity (Wildman–Crippen MR) is 87.1 cm³/mol. The zero-order chi connectivity index (χ0) is 19.4. The van der Waals surface area contributed by atoms with Crippen LogP contribution in [0.1, 0.15) is 23.0 Å². The monoisotopic (exact) mass is 363 g/mol. The van der Waals surface area contributed by atoms with Gasteiger partial charge in [0.1, 0.15) is 5.56 Å². The number of aromatic hydroxyl groups is 1. The number of nitro groups is 2. The molecule has 0 saturated carbocycles. The molecule has 2 N–H and O–H groups in total. The molecule has 1 aromatic heterocycles. The van der Waals surface area contributed by atoms with Crippen LogP contribution in [0.5, 0.6) is 5.88 Å². The summed E-state index contributed by atoms with van der Waals surface area (Å²) < 4.78 is 4.86. The molecule has 0 aliphatic carbocycles. The molecule has 0 atom stereocenters. The second-order valence-electron chi connectivity index (χ2n) is 4.93. The van der Waals surface area contributed by atoms with Crippen LogP contribution in [0.2, 0.25) is 0 Å². The molecule has 12 nitrogen and oxygen atoms in total. The third-order valence-electron chi connectivity index (χ3n) is 3.25. The van der Waals surface area contributed by atoms with Crippen LogP contribution in [0.25, 0.3) is 0 Å². The van der Waals surface area contributed by atoms with E-state index in [9.17, 15) is 30.1 Å². The number of non-ortho nitro benzene ring substituents is 1. The number of esters is 1. The first-order valence-electron chi connectivity index (χ1n) is 7.19. The van der Waals surface area contributed by atoms with Gasteiger partial charge in [0.2, 0.25) is 5.88 Å². The molecule has 0 unspecified atom stereocenters. The van der Waals surface area contributed by atoms with Gasteiger partial charge in [-0.25, -0.2) is 4.79 Å². The summed E-state index contributed by atoms with van der Waals surface area (Å²) in [7, 11) is 0. The lowest BCUT2D eigenvalue weighted by molar-refractivity contribution is -0.393. The minimum Gasteiger partial charge on any atom is -0.493 e. The van der Waals surface area contributed by atoms with Crippen LogP contribution in [0.4, 0.5) is 22.7 Å². The van der Waals surface area contributed by atoms with Gasteiger partial charge < -0.3 is 14.8 Å². The van der Waals surface area contributed by atoms with Gasteiger partial charge in [-0.2, -0.15) is 0 Å². The van der Waals surface area contributed by atoms with Crippen LogP contribution in [0.15, 0.2) is 28.4 Å². The number of carbonyl (C=O) groups excluding carboxylic acids is 1. The number of nitro benzene ring substituents is 2. The van der Waals surface area contributed by atoms with Crippen molar-refractivity contribution in [3.8, 4) is 5.88 Å². The topological polar surface area (TPSA) is 173 Å². The number of benzene rings is 1. The van der Waals surface area contributed by atoms with Gasteiger partial charge in [0, 0.05) is 11.8 Å². The molecule has 12 heteroatoms. The summed E-state index contributed by atoms with van der Waals surface area (Å²) >= 11 is 0. The van der Waals surface area contributed by atoms with Crippen molar-refractivity contribution in [2.24, 2.45) is 10.2 Å². The van der Waals surface area contributed by atoms with E-state index < -0.39 is 33.1 Å². The highest BCUT2D eigenvalue weighted by molar-refractivity contribution is 5.97. The van der Waals surface area contributed by atoms with E-state index in [1.807, 2.05) is 0 Å².